The molecule has 5 heterocycles. The molecule has 4 aromatic rings. The fraction of sp³-hybridized carbons (Fsp3) is 0.348. The smallest absolute Gasteiger partial charge is 0.254 e. The second-order valence-corrected chi connectivity index (χ2v) is 8.72. The third-order valence-electron chi connectivity index (χ3n) is 6.27. The number of aryl methyl sites for hydroxylation is 1. The second-order valence-electron chi connectivity index (χ2n) is 8.72. The van der Waals surface area contributed by atoms with E-state index in [-0.39, 0.29) is 32.0 Å². The molecular weight excluding hydrogens is 430 g/mol. The molecule has 2 aliphatic rings. The molecule has 2 atom stereocenters. The van der Waals surface area contributed by atoms with Crippen molar-refractivity contribution in [3.63, 3.8) is 0 Å². The van der Waals surface area contributed by atoms with Crippen molar-refractivity contribution < 1.29 is 18.3 Å². The summed E-state index contributed by atoms with van der Waals surface area (Å²) in [7, 11) is 1.83. The molecule has 1 amide bonds. The van der Waals surface area contributed by atoms with E-state index < -0.39 is 18.0 Å². The zero-order valence-corrected chi connectivity index (χ0v) is 17.8. The van der Waals surface area contributed by atoms with Crippen molar-refractivity contribution in [2.45, 2.75) is 30.8 Å². The number of amides is 1. The maximum atomic E-state index is 14.1. The largest absolute Gasteiger partial charge is 0.377 e. The van der Waals surface area contributed by atoms with E-state index in [4.69, 9.17) is 9.72 Å². The number of piperidine rings is 1. The molecule has 6 rings (SSSR count). The molecule has 0 N–H and O–H groups in total. The minimum Gasteiger partial charge on any atom is -0.377 e. The lowest BCUT2D eigenvalue weighted by Gasteiger charge is -2.48. The monoisotopic (exact) mass is 450 g/mol. The van der Waals surface area contributed by atoms with E-state index in [0.717, 1.165) is 10.9 Å². The van der Waals surface area contributed by atoms with E-state index in [0.29, 0.717) is 27.9 Å². The summed E-state index contributed by atoms with van der Waals surface area (Å²) in [4.78, 5) is 28.4. The van der Waals surface area contributed by atoms with Gasteiger partial charge in [0, 0.05) is 48.8 Å². The van der Waals surface area contributed by atoms with Gasteiger partial charge in [0.05, 0.1) is 48.2 Å². The molecule has 1 aromatic carbocycles. The number of alkyl halides is 2. The minimum atomic E-state index is -2.77. The van der Waals surface area contributed by atoms with Crippen LogP contribution in [0.1, 0.15) is 23.2 Å². The van der Waals surface area contributed by atoms with Crippen molar-refractivity contribution in [1.82, 2.24) is 29.6 Å². The number of hydrogen-bond acceptors (Lipinski definition) is 6. The SMILES string of the molecule is Cn1cc2cc(-c3cnc4ccc(C(=O)N5C6COCC5CC(F)(F)C6)cc4n3)cnc2n1. The number of halogens is 2. The van der Waals surface area contributed by atoms with Crippen LogP contribution in [0.4, 0.5) is 8.78 Å². The van der Waals surface area contributed by atoms with Gasteiger partial charge in [-0.15, -0.1) is 0 Å². The molecule has 2 bridgehead atoms. The van der Waals surface area contributed by atoms with Crippen LogP contribution in [0.5, 0.6) is 0 Å². The summed E-state index contributed by atoms with van der Waals surface area (Å²) in [6.07, 6.45) is 4.47. The van der Waals surface area contributed by atoms with Crippen molar-refractivity contribution >= 4 is 28.0 Å². The second kappa shape index (κ2) is 7.24. The fourth-order valence-corrected chi connectivity index (χ4v) is 4.82. The molecular formula is C23H20F2N6O2. The Kier molecular flexibility index (Phi) is 4.41. The van der Waals surface area contributed by atoms with E-state index in [1.54, 1.807) is 40.2 Å². The molecule has 2 unspecified atom stereocenters. The highest BCUT2D eigenvalue weighted by atomic mass is 19.3. The summed E-state index contributed by atoms with van der Waals surface area (Å²) >= 11 is 0. The van der Waals surface area contributed by atoms with E-state index in [2.05, 4.69) is 15.1 Å². The summed E-state index contributed by atoms with van der Waals surface area (Å²) in [6.45, 7) is 0.248. The number of morpholine rings is 1. The van der Waals surface area contributed by atoms with E-state index >= 15 is 0 Å². The number of rotatable bonds is 2. The van der Waals surface area contributed by atoms with Crippen molar-refractivity contribution in [2.24, 2.45) is 7.05 Å². The third-order valence-corrected chi connectivity index (χ3v) is 6.27. The Morgan fingerprint density at radius 2 is 1.88 bits per heavy atom. The molecule has 33 heavy (non-hydrogen) atoms. The van der Waals surface area contributed by atoms with Crippen LogP contribution >= 0.6 is 0 Å². The van der Waals surface area contributed by atoms with Crippen molar-refractivity contribution in [3.8, 4) is 11.3 Å². The molecule has 0 aliphatic carbocycles. The van der Waals surface area contributed by atoms with Gasteiger partial charge >= 0.3 is 0 Å². The molecule has 0 radical (unpaired) electrons. The number of carbonyl (C=O) groups excluding carboxylic acids is 1. The van der Waals surface area contributed by atoms with Crippen LogP contribution in [0.25, 0.3) is 33.3 Å². The summed E-state index contributed by atoms with van der Waals surface area (Å²) in [5.41, 5.74) is 3.63. The maximum Gasteiger partial charge on any atom is 0.254 e. The van der Waals surface area contributed by atoms with Gasteiger partial charge in [0.25, 0.3) is 11.8 Å². The zero-order chi connectivity index (χ0) is 22.7. The first-order valence-electron chi connectivity index (χ1n) is 10.7. The highest BCUT2D eigenvalue weighted by Crippen LogP contribution is 2.39. The molecule has 0 spiro atoms. The highest BCUT2D eigenvalue weighted by molar-refractivity contribution is 5.98. The third kappa shape index (κ3) is 3.50. The highest BCUT2D eigenvalue weighted by Gasteiger charge is 2.49. The molecule has 2 saturated heterocycles. The first-order valence-corrected chi connectivity index (χ1v) is 10.7. The van der Waals surface area contributed by atoms with Gasteiger partial charge in [-0.05, 0) is 24.3 Å². The molecule has 2 aliphatic heterocycles. The van der Waals surface area contributed by atoms with Gasteiger partial charge < -0.3 is 9.64 Å². The van der Waals surface area contributed by atoms with Gasteiger partial charge in [-0.1, -0.05) is 0 Å². The number of benzene rings is 1. The van der Waals surface area contributed by atoms with Crippen LogP contribution in [-0.2, 0) is 11.8 Å². The Hall–Kier alpha value is -3.53. The number of ether oxygens (including phenoxy) is 1. The average Bonchev–Trinajstić information content (AvgIpc) is 3.16. The predicted molar refractivity (Wildman–Crippen MR) is 116 cm³/mol. The van der Waals surface area contributed by atoms with Crippen LogP contribution in [0.2, 0.25) is 0 Å². The number of hydrogen-bond donors (Lipinski definition) is 0. The van der Waals surface area contributed by atoms with Crippen LogP contribution < -0.4 is 0 Å². The van der Waals surface area contributed by atoms with E-state index in [9.17, 15) is 13.6 Å². The number of nitrogens with zero attached hydrogens (tertiary/aromatic N) is 6. The molecule has 2 fully saturated rings. The van der Waals surface area contributed by atoms with E-state index in [1.807, 2.05) is 19.3 Å². The first kappa shape index (κ1) is 20.1. The van der Waals surface area contributed by atoms with Gasteiger partial charge in [-0.25, -0.2) is 18.7 Å². The first-order chi connectivity index (χ1) is 15.9. The van der Waals surface area contributed by atoms with E-state index in [1.165, 1.54) is 0 Å². The Morgan fingerprint density at radius 3 is 2.67 bits per heavy atom. The summed E-state index contributed by atoms with van der Waals surface area (Å²) in [5, 5.41) is 5.16. The number of aromatic nitrogens is 5. The number of fused-ring (bicyclic) bond motifs is 4. The minimum absolute atomic E-state index is 0.124. The van der Waals surface area contributed by atoms with Crippen molar-refractivity contribution in [2.75, 3.05) is 13.2 Å². The Bertz CT molecular complexity index is 1390. The summed E-state index contributed by atoms with van der Waals surface area (Å²) in [5.74, 6) is -3.06. The fourth-order valence-electron chi connectivity index (χ4n) is 4.82. The van der Waals surface area contributed by atoms with Crippen molar-refractivity contribution in [3.05, 3.63) is 48.4 Å². The summed E-state index contributed by atoms with van der Waals surface area (Å²) < 4.78 is 35.3. The molecule has 10 heteroatoms. The quantitative estimate of drug-likeness (QED) is 0.466. The van der Waals surface area contributed by atoms with Crippen molar-refractivity contribution in [1.29, 1.82) is 0 Å². The molecule has 8 nitrogen and oxygen atoms in total. The Morgan fingerprint density at radius 1 is 1.09 bits per heavy atom. The van der Waals surface area contributed by atoms with Crippen LogP contribution in [0, 0.1) is 0 Å². The standard InChI is InChI=1S/C23H20F2N6O2/c1-30-10-15-4-14(8-27-21(15)29-30)20-9-26-18-3-2-13(5-19(18)28-20)22(32)31-16-6-23(24,25)7-17(31)12-33-11-16/h2-5,8-10,16-17H,6-7,11-12H2,1H3. The van der Waals surface area contributed by atoms with Gasteiger partial charge in [0.15, 0.2) is 5.65 Å². The average molecular weight is 450 g/mol. The predicted octanol–water partition coefficient (Wildman–Crippen LogP) is 3.22. The lowest BCUT2D eigenvalue weighted by Crippen LogP contribution is -2.61. The topological polar surface area (TPSA) is 86.0 Å². The normalized spacial score (nSPS) is 22.1. The number of pyridine rings is 1. The lowest BCUT2D eigenvalue weighted by molar-refractivity contribution is -0.145. The lowest BCUT2D eigenvalue weighted by atomic mass is 9.90. The van der Waals surface area contributed by atoms with Gasteiger partial charge in [-0.3, -0.25) is 14.5 Å². The summed E-state index contributed by atoms with van der Waals surface area (Å²) in [6, 6.07) is 5.75. The van der Waals surface area contributed by atoms with Crippen LogP contribution in [-0.4, -0.2) is 66.8 Å². The number of carbonyl (C=O) groups is 1. The maximum absolute atomic E-state index is 14.1. The van der Waals surface area contributed by atoms with Gasteiger partial charge in [0.2, 0.25) is 0 Å². The van der Waals surface area contributed by atoms with Crippen LogP contribution in [0.15, 0.2) is 42.9 Å². The molecule has 3 aromatic heterocycles. The zero-order valence-electron chi connectivity index (χ0n) is 17.8. The Balaban J connectivity index is 1.35. The molecule has 168 valence electrons. The van der Waals surface area contributed by atoms with Crippen LogP contribution in [0.3, 0.4) is 0 Å². The Labute approximate surface area is 187 Å². The van der Waals surface area contributed by atoms with Gasteiger partial charge in [-0.2, -0.15) is 5.10 Å². The molecule has 0 saturated carbocycles. The van der Waals surface area contributed by atoms with Gasteiger partial charge in [0.1, 0.15) is 0 Å².